The largest absolute Gasteiger partial charge is 0.477 e. The second-order valence-corrected chi connectivity index (χ2v) is 3.37. The van der Waals surface area contributed by atoms with Gasteiger partial charge in [-0.15, -0.1) is 0 Å². The van der Waals surface area contributed by atoms with E-state index in [4.69, 9.17) is 5.11 Å². The van der Waals surface area contributed by atoms with Crippen LogP contribution < -0.4 is 5.43 Å². The molecule has 1 aromatic rings. The lowest BCUT2D eigenvalue weighted by Crippen LogP contribution is -2.32. The standard InChI is InChI=1S/C10H15N3O2/c1-13(2)11-7-6-8-4-3-5-9(12-8)10(14)15/h3-5,11H,6-7H2,1-2H3,(H,14,15). The molecular formula is C10H15N3O2. The molecule has 2 N–H and O–H groups in total. The molecule has 0 atom stereocenters. The van der Waals surface area contributed by atoms with E-state index in [1.807, 2.05) is 25.2 Å². The maximum absolute atomic E-state index is 10.6. The van der Waals surface area contributed by atoms with E-state index < -0.39 is 5.97 Å². The van der Waals surface area contributed by atoms with E-state index in [-0.39, 0.29) is 5.69 Å². The van der Waals surface area contributed by atoms with E-state index >= 15 is 0 Å². The van der Waals surface area contributed by atoms with Gasteiger partial charge in [-0.25, -0.2) is 9.78 Å². The van der Waals surface area contributed by atoms with Gasteiger partial charge in [-0.1, -0.05) is 6.07 Å². The highest BCUT2D eigenvalue weighted by Gasteiger charge is 2.04. The number of hydrogen-bond donors (Lipinski definition) is 2. The van der Waals surface area contributed by atoms with Crippen molar-refractivity contribution < 1.29 is 9.90 Å². The lowest BCUT2D eigenvalue weighted by Gasteiger charge is -2.11. The van der Waals surface area contributed by atoms with Gasteiger partial charge in [0.15, 0.2) is 0 Å². The van der Waals surface area contributed by atoms with Gasteiger partial charge >= 0.3 is 5.97 Å². The van der Waals surface area contributed by atoms with Gasteiger partial charge in [-0.05, 0) is 12.1 Å². The Labute approximate surface area is 88.7 Å². The zero-order valence-electron chi connectivity index (χ0n) is 8.90. The Hall–Kier alpha value is -1.46. The predicted molar refractivity (Wildman–Crippen MR) is 56.6 cm³/mol. The molecule has 0 aliphatic heterocycles. The van der Waals surface area contributed by atoms with Crippen LogP contribution in [-0.4, -0.2) is 41.7 Å². The Morgan fingerprint density at radius 1 is 1.53 bits per heavy atom. The van der Waals surface area contributed by atoms with Gasteiger partial charge in [0.2, 0.25) is 0 Å². The first-order valence-electron chi connectivity index (χ1n) is 4.69. The van der Waals surface area contributed by atoms with Gasteiger partial charge in [-0.2, -0.15) is 0 Å². The smallest absolute Gasteiger partial charge is 0.354 e. The van der Waals surface area contributed by atoms with Crippen LogP contribution in [0.1, 0.15) is 16.2 Å². The number of aromatic nitrogens is 1. The molecule has 0 saturated heterocycles. The third kappa shape index (κ3) is 4.05. The summed E-state index contributed by atoms with van der Waals surface area (Å²) in [6.45, 7) is 0.739. The predicted octanol–water partition coefficient (Wildman–Crippen LogP) is 0.388. The Morgan fingerprint density at radius 2 is 2.27 bits per heavy atom. The summed E-state index contributed by atoms with van der Waals surface area (Å²) in [6.07, 6.45) is 0.708. The van der Waals surface area contributed by atoms with E-state index in [1.54, 1.807) is 6.07 Å². The first-order chi connectivity index (χ1) is 7.09. The van der Waals surface area contributed by atoms with Crippen molar-refractivity contribution in [3.8, 4) is 0 Å². The molecule has 5 heteroatoms. The molecule has 0 saturated carbocycles. The van der Waals surface area contributed by atoms with Crippen molar-refractivity contribution in [2.75, 3.05) is 20.6 Å². The molecule has 1 rings (SSSR count). The number of nitrogens with one attached hydrogen (secondary N) is 1. The minimum absolute atomic E-state index is 0.0948. The highest BCUT2D eigenvalue weighted by molar-refractivity contribution is 5.85. The number of nitrogens with zero attached hydrogens (tertiary/aromatic N) is 2. The number of carbonyl (C=O) groups is 1. The fourth-order valence-electron chi connectivity index (χ4n) is 1.15. The van der Waals surface area contributed by atoms with Crippen LogP contribution >= 0.6 is 0 Å². The molecule has 0 aliphatic rings. The fraction of sp³-hybridized carbons (Fsp3) is 0.400. The SMILES string of the molecule is CN(C)NCCc1cccc(C(=O)O)n1. The topological polar surface area (TPSA) is 65.5 Å². The first-order valence-corrected chi connectivity index (χ1v) is 4.69. The highest BCUT2D eigenvalue weighted by atomic mass is 16.4. The Morgan fingerprint density at radius 3 is 2.87 bits per heavy atom. The number of hydrazine groups is 1. The summed E-state index contributed by atoms with van der Waals surface area (Å²) in [4.78, 5) is 14.7. The molecule has 1 aromatic heterocycles. The summed E-state index contributed by atoms with van der Waals surface area (Å²) >= 11 is 0. The van der Waals surface area contributed by atoms with Crippen molar-refractivity contribution >= 4 is 5.97 Å². The summed E-state index contributed by atoms with van der Waals surface area (Å²) in [5.41, 5.74) is 3.97. The molecule has 0 aliphatic carbocycles. The van der Waals surface area contributed by atoms with Crippen molar-refractivity contribution in [3.63, 3.8) is 0 Å². The van der Waals surface area contributed by atoms with E-state index in [9.17, 15) is 4.79 Å². The Kier molecular flexibility index (Phi) is 4.20. The molecule has 1 heterocycles. The molecule has 0 amide bonds. The lowest BCUT2D eigenvalue weighted by molar-refractivity contribution is 0.0690. The van der Waals surface area contributed by atoms with E-state index in [0.29, 0.717) is 6.42 Å². The van der Waals surface area contributed by atoms with Crippen LogP contribution in [-0.2, 0) is 6.42 Å². The molecule has 15 heavy (non-hydrogen) atoms. The number of pyridine rings is 1. The average molecular weight is 209 g/mol. The summed E-state index contributed by atoms with van der Waals surface area (Å²) in [5, 5.41) is 10.6. The summed E-state index contributed by atoms with van der Waals surface area (Å²) < 4.78 is 0. The third-order valence-electron chi connectivity index (χ3n) is 1.84. The minimum Gasteiger partial charge on any atom is -0.477 e. The van der Waals surface area contributed by atoms with Crippen LogP contribution in [0, 0.1) is 0 Å². The summed E-state index contributed by atoms with van der Waals surface area (Å²) in [7, 11) is 3.81. The van der Waals surface area contributed by atoms with Crippen LogP contribution in [0.2, 0.25) is 0 Å². The molecule has 0 unspecified atom stereocenters. The van der Waals surface area contributed by atoms with Crippen LogP contribution in [0.15, 0.2) is 18.2 Å². The van der Waals surface area contributed by atoms with Crippen LogP contribution in [0.4, 0.5) is 0 Å². The molecule has 0 bridgehead atoms. The maximum atomic E-state index is 10.6. The second-order valence-electron chi connectivity index (χ2n) is 3.37. The fourth-order valence-corrected chi connectivity index (χ4v) is 1.15. The van der Waals surface area contributed by atoms with Gasteiger partial charge in [-0.3, -0.25) is 10.4 Å². The molecule has 82 valence electrons. The zero-order valence-corrected chi connectivity index (χ0v) is 8.90. The van der Waals surface area contributed by atoms with Gasteiger partial charge in [0.1, 0.15) is 5.69 Å². The normalized spacial score (nSPS) is 10.6. The lowest BCUT2D eigenvalue weighted by atomic mass is 10.2. The van der Waals surface area contributed by atoms with E-state index in [0.717, 1.165) is 12.2 Å². The van der Waals surface area contributed by atoms with Gasteiger partial charge in [0, 0.05) is 32.8 Å². The zero-order chi connectivity index (χ0) is 11.3. The molecule has 0 spiro atoms. The van der Waals surface area contributed by atoms with Crippen molar-refractivity contribution in [2.24, 2.45) is 0 Å². The number of hydrogen-bond acceptors (Lipinski definition) is 4. The minimum atomic E-state index is -0.989. The number of carboxylic acids is 1. The summed E-state index contributed by atoms with van der Waals surface area (Å²) in [6, 6.07) is 5.02. The maximum Gasteiger partial charge on any atom is 0.354 e. The van der Waals surface area contributed by atoms with Crippen molar-refractivity contribution in [1.82, 2.24) is 15.4 Å². The quantitative estimate of drug-likeness (QED) is 0.687. The highest BCUT2D eigenvalue weighted by Crippen LogP contribution is 1.99. The second kappa shape index (κ2) is 5.43. The molecule has 0 fully saturated rings. The van der Waals surface area contributed by atoms with Crippen molar-refractivity contribution in [2.45, 2.75) is 6.42 Å². The molecule has 0 aromatic carbocycles. The van der Waals surface area contributed by atoms with Crippen LogP contribution in [0.25, 0.3) is 0 Å². The van der Waals surface area contributed by atoms with Gasteiger partial charge < -0.3 is 5.11 Å². The first kappa shape index (κ1) is 11.6. The van der Waals surface area contributed by atoms with Crippen LogP contribution in [0.5, 0.6) is 0 Å². The molecule has 0 radical (unpaired) electrons. The monoisotopic (exact) mass is 209 g/mol. The summed E-state index contributed by atoms with van der Waals surface area (Å²) in [5.74, 6) is -0.989. The number of carboxylic acid groups (broad SMARTS) is 1. The molecular weight excluding hydrogens is 194 g/mol. The van der Waals surface area contributed by atoms with Gasteiger partial charge in [0.05, 0.1) is 0 Å². The van der Waals surface area contributed by atoms with Crippen LogP contribution in [0.3, 0.4) is 0 Å². The Bertz CT molecular complexity index is 339. The number of aromatic carboxylic acids is 1. The molecule has 5 nitrogen and oxygen atoms in total. The third-order valence-corrected chi connectivity index (χ3v) is 1.84. The van der Waals surface area contributed by atoms with E-state index in [2.05, 4.69) is 10.4 Å². The van der Waals surface area contributed by atoms with Crippen molar-refractivity contribution in [3.05, 3.63) is 29.6 Å². The Balaban J connectivity index is 2.54. The van der Waals surface area contributed by atoms with Crippen molar-refractivity contribution in [1.29, 1.82) is 0 Å². The number of rotatable bonds is 5. The average Bonchev–Trinajstić information content (AvgIpc) is 2.17. The van der Waals surface area contributed by atoms with Gasteiger partial charge in [0.25, 0.3) is 0 Å². The van der Waals surface area contributed by atoms with E-state index in [1.165, 1.54) is 6.07 Å².